The molecule has 0 amide bonds. The minimum atomic E-state index is -1.11. The van der Waals surface area contributed by atoms with Crippen LogP contribution >= 0.6 is 0 Å². The lowest BCUT2D eigenvalue weighted by Gasteiger charge is -2.03. The molecule has 5 heteroatoms. The number of aromatic carboxylic acids is 1. The Morgan fingerprint density at radius 3 is 2.60 bits per heavy atom. The van der Waals surface area contributed by atoms with E-state index in [0.717, 1.165) is 11.1 Å². The maximum atomic E-state index is 12.1. The first-order valence-electron chi connectivity index (χ1n) is 6.19. The molecule has 0 spiro atoms. The summed E-state index contributed by atoms with van der Waals surface area (Å²) >= 11 is 0. The van der Waals surface area contributed by atoms with Crippen LogP contribution in [-0.2, 0) is 22.3 Å². The molecule has 1 heterocycles. The van der Waals surface area contributed by atoms with Gasteiger partial charge in [-0.1, -0.05) is 29.8 Å². The number of furan rings is 1. The second kappa shape index (κ2) is 6.05. The van der Waals surface area contributed by atoms with E-state index in [-0.39, 0.29) is 5.76 Å². The summed E-state index contributed by atoms with van der Waals surface area (Å²) in [5.74, 6) is 0.0551. The molecule has 2 aromatic rings. The highest BCUT2D eigenvalue weighted by molar-refractivity contribution is 7.83. The third kappa shape index (κ3) is 3.57. The molecule has 0 aliphatic rings. The Morgan fingerprint density at radius 1 is 1.25 bits per heavy atom. The fourth-order valence-electron chi connectivity index (χ4n) is 1.98. The van der Waals surface area contributed by atoms with E-state index in [1.165, 1.54) is 6.07 Å². The Morgan fingerprint density at radius 2 is 2.00 bits per heavy atom. The summed E-state index contributed by atoms with van der Waals surface area (Å²) in [6, 6.07) is 9.32. The van der Waals surface area contributed by atoms with E-state index < -0.39 is 16.8 Å². The molecule has 0 bridgehead atoms. The molecule has 0 aliphatic heterocycles. The third-order valence-electron chi connectivity index (χ3n) is 2.96. The second-order valence-corrected chi connectivity index (χ2v) is 6.17. The van der Waals surface area contributed by atoms with Crippen molar-refractivity contribution in [2.24, 2.45) is 0 Å². The van der Waals surface area contributed by atoms with Gasteiger partial charge < -0.3 is 9.52 Å². The molecule has 0 saturated heterocycles. The van der Waals surface area contributed by atoms with Crippen LogP contribution in [0.15, 0.2) is 34.7 Å². The number of rotatable bonds is 5. The first-order valence-corrected chi connectivity index (χ1v) is 7.67. The van der Waals surface area contributed by atoms with Gasteiger partial charge in [0.15, 0.2) is 0 Å². The number of aryl methyl sites for hydroxylation is 2. The topological polar surface area (TPSA) is 67.5 Å². The van der Waals surface area contributed by atoms with Crippen LogP contribution < -0.4 is 0 Å². The first-order chi connectivity index (χ1) is 9.45. The number of carboxylic acids is 1. The van der Waals surface area contributed by atoms with Crippen molar-refractivity contribution in [3.63, 3.8) is 0 Å². The van der Waals surface area contributed by atoms with Gasteiger partial charge in [-0.2, -0.15) is 0 Å². The lowest BCUT2D eigenvalue weighted by molar-refractivity contribution is 0.0661. The van der Waals surface area contributed by atoms with Crippen LogP contribution in [0.3, 0.4) is 0 Å². The molecule has 1 N–H and O–H groups in total. The van der Waals surface area contributed by atoms with Gasteiger partial charge in [0, 0.05) is 22.1 Å². The Kier molecular flexibility index (Phi) is 4.39. The molecule has 0 fully saturated rings. The van der Waals surface area contributed by atoms with Gasteiger partial charge in [0.05, 0.1) is 5.75 Å². The molecule has 1 atom stereocenters. The summed E-state index contributed by atoms with van der Waals surface area (Å²) < 4.78 is 17.3. The summed E-state index contributed by atoms with van der Waals surface area (Å²) in [6.07, 6.45) is 0. The van der Waals surface area contributed by atoms with Gasteiger partial charge >= 0.3 is 5.97 Å². The van der Waals surface area contributed by atoms with Crippen molar-refractivity contribution in [3.8, 4) is 0 Å². The van der Waals surface area contributed by atoms with Gasteiger partial charge in [0.25, 0.3) is 0 Å². The molecule has 106 valence electrons. The molecule has 0 radical (unpaired) electrons. The standard InChI is InChI=1S/C15H16O4S/c1-10-4-3-5-12(6-10)8-20(18)9-13-7-14(15(16)17)19-11(13)2/h3-7H,8-9H2,1-2H3,(H,16,17). The van der Waals surface area contributed by atoms with Crippen molar-refractivity contribution in [1.82, 2.24) is 0 Å². The van der Waals surface area contributed by atoms with Crippen LogP contribution in [0.4, 0.5) is 0 Å². The van der Waals surface area contributed by atoms with Crippen molar-refractivity contribution in [2.75, 3.05) is 0 Å². The van der Waals surface area contributed by atoms with Gasteiger partial charge in [-0.05, 0) is 25.5 Å². The lowest BCUT2D eigenvalue weighted by Crippen LogP contribution is -2.00. The zero-order valence-electron chi connectivity index (χ0n) is 11.4. The van der Waals surface area contributed by atoms with Gasteiger partial charge in [0.1, 0.15) is 5.76 Å². The molecular formula is C15H16O4S. The Bertz CT molecular complexity index is 658. The van der Waals surface area contributed by atoms with Crippen LogP contribution in [0.1, 0.15) is 33.0 Å². The van der Waals surface area contributed by atoms with Crippen molar-refractivity contribution >= 4 is 16.8 Å². The van der Waals surface area contributed by atoms with E-state index in [9.17, 15) is 9.00 Å². The number of carbonyl (C=O) groups is 1. The Balaban J connectivity index is 2.06. The molecule has 1 aromatic carbocycles. The monoisotopic (exact) mass is 292 g/mol. The zero-order chi connectivity index (χ0) is 14.7. The minimum Gasteiger partial charge on any atom is -0.475 e. The Hall–Kier alpha value is -1.88. The quantitative estimate of drug-likeness (QED) is 0.919. The minimum absolute atomic E-state index is 0.106. The van der Waals surface area contributed by atoms with E-state index in [4.69, 9.17) is 9.52 Å². The summed E-state index contributed by atoms with van der Waals surface area (Å²) in [5, 5.41) is 8.85. The number of benzene rings is 1. The van der Waals surface area contributed by atoms with E-state index >= 15 is 0 Å². The highest BCUT2D eigenvalue weighted by Crippen LogP contribution is 2.18. The van der Waals surface area contributed by atoms with E-state index in [1.807, 2.05) is 31.2 Å². The van der Waals surface area contributed by atoms with Crippen molar-refractivity contribution in [2.45, 2.75) is 25.4 Å². The second-order valence-electron chi connectivity index (χ2n) is 4.71. The van der Waals surface area contributed by atoms with Gasteiger partial charge in [-0.15, -0.1) is 0 Å². The molecule has 0 saturated carbocycles. The fourth-order valence-corrected chi connectivity index (χ4v) is 3.27. The predicted molar refractivity (Wildman–Crippen MR) is 77.1 cm³/mol. The molecule has 0 aliphatic carbocycles. The largest absolute Gasteiger partial charge is 0.475 e. The smallest absolute Gasteiger partial charge is 0.371 e. The number of carboxylic acid groups (broad SMARTS) is 1. The molecular weight excluding hydrogens is 276 g/mol. The summed E-state index contributed by atoms with van der Waals surface area (Å²) in [4.78, 5) is 10.8. The number of hydrogen-bond acceptors (Lipinski definition) is 3. The molecule has 1 aromatic heterocycles. The molecule has 20 heavy (non-hydrogen) atoms. The maximum Gasteiger partial charge on any atom is 0.371 e. The van der Waals surface area contributed by atoms with E-state index in [0.29, 0.717) is 22.8 Å². The third-order valence-corrected chi connectivity index (χ3v) is 4.25. The SMILES string of the molecule is Cc1cccc(CS(=O)Cc2cc(C(=O)O)oc2C)c1. The normalized spacial score (nSPS) is 12.3. The van der Waals surface area contributed by atoms with Crippen LogP contribution in [-0.4, -0.2) is 15.3 Å². The highest BCUT2D eigenvalue weighted by atomic mass is 32.2. The van der Waals surface area contributed by atoms with Crippen LogP contribution in [0.5, 0.6) is 0 Å². The van der Waals surface area contributed by atoms with Gasteiger partial charge in [-0.3, -0.25) is 4.21 Å². The molecule has 4 nitrogen and oxygen atoms in total. The first kappa shape index (κ1) is 14.5. The average Bonchev–Trinajstić information content (AvgIpc) is 2.71. The summed E-state index contributed by atoms with van der Waals surface area (Å²) in [7, 11) is -1.09. The summed E-state index contributed by atoms with van der Waals surface area (Å²) in [6.45, 7) is 3.68. The van der Waals surface area contributed by atoms with Crippen molar-refractivity contribution in [3.05, 3.63) is 58.5 Å². The van der Waals surface area contributed by atoms with Crippen molar-refractivity contribution in [1.29, 1.82) is 0 Å². The van der Waals surface area contributed by atoms with Crippen molar-refractivity contribution < 1.29 is 18.5 Å². The zero-order valence-corrected chi connectivity index (χ0v) is 12.2. The van der Waals surface area contributed by atoms with Gasteiger partial charge in [-0.25, -0.2) is 4.79 Å². The Labute approximate surface area is 119 Å². The predicted octanol–water partition coefficient (Wildman–Crippen LogP) is 3.04. The fraction of sp³-hybridized carbons (Fsp3) is 0.267. The van der Waals surface area contributed by atoms with E-state index in [2.05, 4.69) is 0 Å². The van der Waals surface area contributed by atoms with Crippen LogP contribution in [0.2, 0.25) is 0 Å². The van der Waals surface area contributed by atoms with Crippen LogP contribution in [0.25, 0.3) is 0 Å². The maximum absolute atomic E-state index is 12.1. The van der Waals surface area contributed by atoms with E-state index in [1.54, 1.807) is 6.92 Å². The highest BCUT2D eigenvalue weighted by Gasteiger charge is 2.15. The lowest BCUT2D eigenvalue weighted by atomic mass is 10.2. The number of hydrogen-bond donors (Lipinski definition) is 1. The molecule has 2 rings (SSSR count). The average molecular weight is 292 g/mol. The van der Waals surface area contributed by atoms with Gasteiger partial charge in [0.2, 0.25) is 5.76 Å². The molecule has 1 unspecified atom stereocenters. The summed E-state index contributed by atoms with van der Waals surface area (Å²) in [5.41, 5.74) is 2.84. The van der Waals surface area contributed by atoms with Crippen LogP contribution in [0, 0.1) is 13.8 Å².